The molecule has 2 aromatic heterocycles. The molecular weight excluding hydrogens is 294 g/mol. The number of H-pyrrole nitrogens is 1. The fourth-order valence-electron chi connectivity index (χ4n) is 3.89. The summed E-state index contributed by atoms with van der Waals surface area (Å²) in [5.74, 6) is 0. The van der Waals surface area contributed by atoms with Gasteiger partial charge in [0.25, 0.3) is 0 Å². The Labute approximate surface area is 137 Å². The molecule has 0 amide bonds. The first-order valence-corrected chi connectivity index (χ1v) is 8.13. The molecule has 2 nitrogen and oxygen atoms in total. The molecule has 0 aliphatic rings. The molecule has 0 saturated heterocycles. The van der Waals surface area contributed by atoms with Crippen molar-refractivity contribution >= 4 is 54.5 Å². The summed E-state index contributed by atoms with van der Waals surface area (Å²) >= 11 is 0. The van der Waals surface area contributed by atoms with Gasteiger partial charge in [-0.3, -0.25) is 0 Å². The molecule has 0 radical (unpaired) electrons. The van der Waals surface area contributed by atoms with Crippen LogP contribution < -0.4 is 0 Å². The number of benzene rings is 4. The Bertz CT molecular complexity index is 1400. The summed E-state index contributed by atoms with van der Waals surface area (Å²) in [6.45, 7) is 0. The molecule has 0 aliphatic carbocycles. The Hall–Kier alpha value is -3.26. The fourth-order valence-corrected chi connectivity index (χ4v) is 3.89. The maximum Gasteiger partial charge on any atom is 0.137 e. The standard InChI is InChI=1S/C22H13NO/c1-2-6-14-13(5-1)9-10-20-22(14)17-11-16-15-7-3-4-8-18(15)23-19(16)12-21(17)24-20/h1-12,23H. The Balaban J connectivity index is 1.89. The summed E-state index contributed by atoms with van der Waals surface area (Å²) in [4.78, 5) is 3.49. The Morgan fingerprint density at radius 3 is 2.38 bits per heavy atom. The molecule has 1 N–H and O–H groups in total. The van der Waals surface area contributed by atoms with E-state index in [0.717, 1.165) is 22.2 Å². The van der Waals surface area contributed by atoms with Crippen molar-refractivity contribution < 1.29 is 4.42 Å². The zero-order chi connectivity index (χ0) is 15.7. The average Bonchev–Trinajstić information content (AvgIpc) is 3.17. The number of aromatic amines is 1. The Kier molecular flexibility index (Phi) is 2.12. The van der Waals surface area contributed by atoms with Gasteiger partial charge in [0.2, 0.25) is 0 Å². The Morgan fingerprint density at radius 2 is 1.42 bits per heavy atom. The van der Waals surface area contributed by atoms with Gasteiger partial charge in [0.05, 0.1) is 5.52 Å². The van der Waals surface area contributed by atoms with Gasteiger partial charge >= 0.3 is 0 Å². The predicted octanol–water partition coefficient (Wildman–Crippen LogP) is 6.37. The minimum atomic E-state index is 0.931. The van der Waals surface area contributed by atoms with Crippen LogP contribution in [0.2, 0.25) is 0 Å². The molecule has 0 aliphatic heterocycles. The zero-order valence-corrected chi connectivity index (χ0v) is 12.8. The van der Waals surface area contributed by atoms with Crippen molar-refractivity contribution in [1.82, 2.24) is 4.98 Å². The van der Waals surface area contributed by atoms with Gasteiger partial charge in [-0.2, -0.15) is 0 Å². The van der Waals surface area contributed by atoms with Crippen LogP contribution in [0.5, 0.6) is 0 Å². The lowest BCUT2D eigenvalue weighted by Gasteiger charge is -1.98. The summed E-state index contributed by atoms with van der Waals surface area (Å²) < 4.78 is 6.14. The van der Waals surface area contributed by atoms with Crippen molar-refractivity contribution in [2.75, 3.05) is 0 Å². The van der Waals surface area contributed by atoms with Crippen LogP contribution in [0.3, 0.4) is 0 Å². The second-order valence-electron chi connectivity index (χ2n) is 6.33. The first-order chi connectivity index (χ1) is 11.9. The summed E-state index contributed by atoms with van der Waals surface area (Å²) in [5.41, 5.74) is 4.16. The van der Waals surface area contributed by atoms with E-state index in [9.17, 15) is 0 Å². The van der Waals surface area contributed by atoms with E-state index in [1.165, 1.54) is 32.3 Å². The van der Waals surface area contributed by atoms with E-state index >= 15 is 0 Å². The molecule has 0 bridgehead atoms. The fraction of sp³-hybridized carbons (Fsp3) is 0. The molecule has 0 saturated carbocycles. The van der Waals surface area contributed by atoms with E-state index < -0.39 is 0 Å². The van der Waals surface area contributed by atoms with E-state index in [-0.39, 0.29) is 0 Å². The molecule has 0 atom stereocenters. The molecule has 0 spiro atoms. The van der Waals surface area contributed by atoms with Crippen LogP contribution in [0, 0.1) is 0 Å². The van der Waals surface area contributed by atoms with Crippen LogP contribution in [-0.2, 0) is 0 Å². The predicted molar refractivity (Wildman–Crippen MR) is 101 cm³/mol. The minimum absolute atomic E-state index is 0.931. The lowest BCUT2D eigenvalue weighted by molar-refractivity contribution is 0.669. The summed E-state index contributed by atoms with van der Waals surface area (Å²) in [7, 11) is 0. The van der Waals surface area contributed by atoms with Crippen LogP contribution in [0.25, 0.3) is 54.5 Å². The minimum Gasteiger partial charge on any atom is -0.456 e. The number of para-hydroxylation sites is 1. The van der Waals surface area contributed by atoms with E-state index in [0.29, 0.717) is 0 Å². The third-order valence-corrected chi connectivity index (χ3v) is 4.99. The first kappa shape index (κ1) is 12.2. The largest absolute Gasteiger partial charge is 0.456 e. The van der Waals surface area contributed by atoms with Crippen molar-refractivity contribution in [3.63, 3.8) is 0 Å². The lowest BCUT2D eigenvalue weighted by Crippen LogP contribution is -1.74. The third-order valence-electron chi connectivity index (χ3n) is 4.99. The van der Waals surface area contributed by atoms with Gasteiger partial charge in [-0.1, -0.05) is 48.5 Å². The maximum atomic E-state index is 6.14. The lowest BCUT2D eigenvalue weighted by atomic mass is 10.0. The van der Waals surface area contributed by atoms with Crippen molar-refractivity contribution in [2.24, 2.45) is 0 Å². The van der Waals surface area contributed by atoms with Gasteiger partial charge in [-0.25, -0.2) is 0 Å². The first-order valence-electron chi connectivity index (χ1n) is 8.13. The van der Waals surface area contributed by atoms with Gasteiger partial charge < -0.3 is 9.40 Å². The molecule has 2 heterocycles. The summed E-state index contributed by atoms with van der Waals surface area (Å²) in [6.07, 6.45) is 0. The molecule has 24 heavy (non-hydrogen) atoms. The number of hydrogen-bond acceptors (Lipinski definition) is 1. The van der Waals surface area contributed by atoms with E-state index in [2.05, 4.69) is 77.8 Å². The second-order valence-corrected chi connectivity index (χ2v) is 6.33. The number of nitrogens with one attached hydrogen (secondary N) is 1. The highest BCUT2D eigenvalue weighted by Gasteiger charge is 2.13. The highest BCUT2D eigenvalue weighted by atomic mass is 16.3. The topological polar surface area (TPSA) is 28.9 Å². The van der Waals surface area contributed by atoms with Crippen molar-refractivity contribution in [3.05, 3.63) is 72.8 Å². The second kappa shape index (κ2) is 4.18. The highest BCUT2D eigenvalue weighted by Crippen LogP contribution is 2.38. The molecule has 4 aromatic carbocycles. The van der Waals surface area contributed by atoms with E-state index in [4.69, 9.17) is 4.42 Å². The van der Waals surface area contributed by atoms with Crippen LogP contribution in [0.15, 0.2) is 77.2 Å². The van der Waals surface area contributed by atoms with Gasteiger partial charge in [0.15, 0.2) is 0 Å². The SMILES string of the molecule is c1ccc2c(c1)ccc1oc3cc4[nH]c5ccccc5c4cc3c12. The number of furan rings is 1. The monoisotopic (exact) mass is 307 g/mol. The highest BCUT2D eigenvalue weighted by molar-refractivity contribution is 6.22. The van der Waals surface area contributed by atoms with Crippen LogP contribution in [-0.4, -0.2) is 4.98 Å². The zero-order valence-electron chi connectivity index (χ0n) is 12.8. The quantitative estimate of drug-likeness (QED) is 0.347. The molecule has 112 valence electrons. The maximum absolute atomic E-state index is 6.14. The summed E-state index contributed by atoms with van der Waals surface area (Å²) in [5, 5.41) is 7.37. The van der Waals surface area contributed by atoms with Gasteiger partial charge in [-0.05, 0) is 29.0 Å². The summed E-state index contributed by atoms with van der Waals surface area (Å²) in [6, 6.07) is 25.5. The Morgan fingerprint density at radius 1 is 0.583 bits per heavy atom. The van der Waals surface area contributed by atoms with Gasteiger partial charge in [0, 0.05) is 33.1 Å². The van der Waals surface area contributed by atoms with E-state index in [1.807, 2.05) is 0 Å². The number of aromatic nitrogens is 1. The number of fused-ring (bicyclic) bond motifs is 8. The van der Waals surface area contributed by atoms with E-state index in [1.54, 1.807) is 0 Å². The molecule has 0 unspecified atom stereocenters. The van der Waals surface area contributed by atoms with Crippen LogP contribution in [0.4, 0.5) is 0 Å². The number of hydrogen-bond donors (Lipinski definition) is 1. The smallest absolute Gasteiger partial charge is 0.137 e. The van der Waals surface area contributed by atoms with Gasteiger partial charge in [0.1, 0.15) is 11.2 Å². The molecule has 0 fully saturated rings. The third kappa shape index (κ3) is 1.45. The van der Waals surface area contributed by atoms with Crippen molar-refractivity contribution in [1.29, 1.82) is 0 Å². The normalized spacial score (nSPS) is 12.2. The molecule has 6 rings (SSSR count). The van der Waals surface area contributed by atoms with Crippen LogP contribution in [0.1, 0.15) is 0 Å². The number of rotatable bonds is 0. The molecule has 6 aromatic rings. The van der Waals surface area contributed by atoms with Crippen LogP contribution >= 0.6 is 0 Å². The van der Waals surface area contributed by atoms with Crippen molar-refractivity contribution in [2.45, 2.75) is 0 Å². The average molecular weight is 307 g/mol. The molecule has 2 heteroatoms. The molecular formula is C22H13NO. The van der Waals surface area contributed by atoms with Gasteiger partial charge in [-0.15, -0.1) is 0 Å². The van der Waals surface area contributed by atoms with Crippen molar-refractivity contribution in [3.8, 4) is 0 Å².